The molecule has 8 nitrogen and oxygen atoms in total. The number of anilines is 1. The summed E-state index contributed by atoms with van der Waals surface area (Å²) in [6.07, 6.45) is 3.97. The number of hydrogen-bond acceptors (Lipinski definition) is 6. The number of carbonyl (C=O) groups excluding carboxylic acids is 1. The minimum atomic E-state index is 0.0316. The summed E-state index contributed by atoms with van der Waals surface area (Å²) in [5.74, 6) is 2.05. The van der Waals surface area contributed by atoms with E-state index in [1.807, 2.05) is 46.1 Å². The number of benzene rings is 1. The molecule has 1 unspecified atom stereocenters. The second-order valence-corrected chi connectivity index (χ2v) is 8.03. The number of amides is 1. The van der Waals surface area contributed by atoms with E-state index in [9.17, 15) is 4.79 Å². The SMILES string of the molecule is CCCC(C)c1nc(N2CCN(C(=O)COC)CC2)c2cnn(-c3ccccc3)c2n1. The molecule has 31 heavy (non-hydrogen) atoms. The van der Waals surface area contributed by atoms with Gasteiger partial charge in [-0.25, -0.2) is 14.6 Å². The first-order chi connectivity index (χ1) is 15.1. The number of rotatable bonds is 7. The van der Waals surface area contributed by atoms with Gasteiger partial charge in [-0.1, -0.05) is 38.5 Å². The summed E-state index contributed by atoms with van der Waals surface area (Å²) < 4.78 is 6.89. The van der Waals surface area contributed by atoms with Crippen LogP contribution in [0.1, 0.15) is 38.4 Å². The lowest BCUT2D eigenvalue weighted by Gasteiger charge is -2.35. The summed E-state index contributed by atoms with van der Waals surface area (Å²) in [5.41, 5.74) is 1.80. The van der Waals surface area contributed by atoms with Crippen molar-refractivity contribution in [2.24, 2.45) is 0 Å². The first-order valence-electron chi connectivity index (χ1n) is 10.9. The highest BCUT2D eigenvalue weighted by Crippen LogP contribution is 2.29. The number of carbonyl (C=O) groups is 1. The molecule has 8 heteroatoms. The molecular weight excluding hydrogens is 392 g/mol. The van der Waals surface area contributed by atoms with Crippen LogP contribution in [-0.2, 0) is 9.53 Å². The van der Waals surface area contributed by atoms with Crippen molar-refractivity contribution < 1.29 is 9.53 Å². The van der Waals surface area contributed by atoms with Gasteiger partial charge >= 0.3 is 0 Å². The molecule has 1 aromatic carbocycles. The van der Waals surface area contributed by atoms with Gasteiger partial charge in [-0.3, -0.25) is 4.79 Å². The van der Waals surface area contributed by atoms with Gasteiger partial charge in [0.1, 0.15) is 18.2 Å². The number of para-hydroxylation sites is 1. The van der Waals surface area contributed by atoms with Gasteiger partial charge < -0.3 is 14.5 Å². The third kappa shape index (κ3) is 4.39. The Kier molecular flexibility index (Phi) is 6.46. The van der Waals surface area contributed by atoms with E-state index in [0.717, 1.165) is 54.3 Å². The Morgan fingerprint density at radius 3 is 2.55 bits per heavy atom. The van der Waals surface area contributed by atoms with Crippen molar-refractivity contribution in [3.8, 4) is 5.69 Å². The molecule has 0 radical (unpaired) electrons. The van der Waals surface area contributed by atoms with Crippen molar-refractivity contribution in [3.05, 3.63) is 42.4 Å². The number of fused-ring (bicyclic) bond motifs is 1. The van der Waals surface area contributed by atoms with E-state index >= 15 is 0 Å². The van der Waals surface area contributed by atoms with E-state index in [2.05, 4.69) is 23.8 Å². The number of methoxy groups -OCH3 is 1. The number of aromatic nitrogens is 4. The van der Waals surface area contributed by atoms with Crippen LogP contribution in [0.25, 0.3) is 16.7 Å². The number of ether oxygens (including phenoxy) is 1. The van der Waals surface area contributed by atoms with Gasteiger partial charge in [0.25, 0.3) is 0 Å². The van der Waals surface area contributed by atoms with Crippen molar-refractivity contribution in [2.45, 2.75) is 32.6 Å². The molecule has 1 aliphatic heterocycles. The third-order valence-electron chi connectivity index (χ3n) is 5.79. The Balaban J connectivity index is 1.71. The largest absolute Gasteiger partial charge is 0.375 e. The number of hydrogen-bond donors (Lipinski definition) is 0. The van der Waals surface area contributed by atoms with Crippen molar-refractivity contribution in [2.75, 3.05) is 44.8 Å². The normalized spacial score (nSPS) is 15.5. The van der Waals surface area contributed by atoms with Crippen molar-refractivity contribution in [1.29, 1.82) is 0 Å². The summed E-state index contributed by atoms with van der Waals surface area (Å²) >= 11 is 0. The third-order valence-corrected chi connectivity index (χ3v) is 5.79. The summed E-state index contributed by atoms with van der Waals surface area (Å²) in [6, 6.07) is 10.1. The minimum Gasteiger partial charge on any atom is -0.375 e. The Hall–Kier alpha value is -3.00. The monoisotopic (exact) mass is 422 g/mol. The van der Waals surface area contributed by atoms with Crippen LogP contribution >= 0.6 is 0 Å². The van der Waals surface area contributed by atoms with Gasteiger partial charge in [0.2, 0.25) is 5.91 Å². The molecule has 164 valence electrons. The lowest BCUT2D eigenvalue weighted by Crippen LogP contribution is -2.50. The molecule has 1 aliphatic rings. The van der Waals surface area contributed by atoms with Crippen LogP contribution in [0.2, 0.25) is 0 Å². The smallest absolute Gasteiger partial charge is 0.248 e. The first-order valence-corrected chi connectivity index (χ1v) is 10.9. The molecule has 4 rings (SSSR count). The molecule has 3 aromatic rings. The fraction of sp³-hybridized carbons (Fsp3) is 0.478. The van der Waals surface area contributed by atoms with E-state index in [0.29, 0.717) is 13.1 Å². The Morgan fingerprint density at radius 1 is 1.13 bits per heavy atom. The number of nitrogens with zero attached hydrogens (tertiary/aromatic N) is 6. The van der Waals surface area contributed by atoms with Crippen LogP contribution in [0, 0.1) is 0 Å². The zero-order valence-electron chi connectivity index (χ0n) is 18.5. The van der Waals surface area contributed by atoms with Gasteiger partial charge in [-0.15, -0.1) is 0 Å². The zero-order chi connectivity index (χ0) is 21.8. The second-order valence-electron chi connectivity index (χ2n) is 8.03. The quantitative estimate of drug-likeness (QED) is 0.583. The molecule has 0 saturated carbocycles. The van der Waals surface area contributed by atoms with Crippen LogP contribution in [-0.4, -0.2) is 70.5 Å². The van der Waals surface area contributed by atoms with Crippen molar-refractivity contribution >= 4 is 22.8 Å². The number of piperazine rings is 1. The molecule has 1 fully saturated rings. The molecule has 0 aliphatic carbocycles. The maximum absolute atomic E-state index is 12.2. The van der Waals surface area contributed by atoms with Crippen LogP contribution in [0.4, 0.5) is 5.82 Å². The molecule has 3 heterocycles. The minimum absolute atomic E-state index is 0.0316. The van der Waals surface area contributed by atoms with Crippen LogP contribution in [0.15, 0.2) is 36.5 Å². The van der Waals surface area contributed by atoms with Gasteiger partial charge in [-0.05, 0) is 18.6 Å². The van der Waals surface area contributed by atoms with Crippen LogP contribution in [0.5, 0.6) is 0 Å². The van der Waals surface area contributed by atoms with Crippen LogP contribution in [0.3, 0.4) is 0 Å². The highest BCUT2D eigenvalue weighted by Gasteiger charge is 2.25. The van der Waals surface area contributed by atoms with Crippen LogP contribution < -0.4 is 4.90 Å². The van der Waals surface area contributed by atoms with Gasteiger partial charge in [0, 0.05) is 39.2 Å². The van der Waals surface area contributed by atoms with E-state index in [1.54, 1.807) is 7.11 Å². The topological polar surface area (TPSA) is 76.4 Å². The molecule has 2 aromatic heterocycles. The summed E-state index contributed by atoms with van der Waals surface area (Å²) in [6.45, 7) is 7.24. The lowest BCUT2D eigenvalue weighted by atomic mass is 10.1. The Morgan fingerprint density at radius 2 is 1.87 bits per heavy atom. The van der Waals surface area contributed by atoms with Crippen molar-refractivity contribution in [1.82, 2.24) is 24.6 Å². The zero-order valence-corrected chi connectivity index (χ0v) is 18.5. The fourth-order valence-electron chi connectivity index (χ4n) is 4.07. The first kappa shape index (κ1) is 21.2. The van der Waals surface area contributed by atoms with E-state index in [-0.39, 0.29) is 18.4 Å². The maximum atomic E-state index is 12.2. The second kappa shape index (κ2) is 9.43. The average molecular weight is 423 g/mol. The molecular formula is C23H30N6O2. The summed E-state index contributed by atoms with van der Waals surface area (Å²) in [7, 11) is 1.55. The highest BCUT2D eigenvalue weighted by molar-refractivity contribution is 5.88. The van der Waals surface area contributed by atoms with E-state index in [1.165, 1.54) is 0 Å². The maximum Gasteiger partial charge on any atom is 0.248 e. The molecule has 0 bridgehead atoms. The summed E-state index contributed by atoms with van der Waals surface area (Å²) in [4.78, 5) is 26.2. The standard InChI is InChI=1S/C23H30N6O2/c1-4-8-17(2)21-25-22(28-13-11-27(12-14-28)20(30)16-31-3)19-15-24-29(23(19)26-21)18-9-6-5-7-10-18/h5-7,9-10,15,17H,4,8,11-14,16H2,1-3H3. The van der Waals surface area contributed by atoms with E-state index < -0.39 is 0 Å². The van der Waals surface area contributed by atoms with Gasteiger partial charge in [0.15, 0.2) is 5.65 Å². The molecule has 0 N–H and O–H groups in total. The van der Waals surface area contributed by atoms with E-state index in [4.69, 9.17) is 14.7 Å². The Labute approximate surface area is 182 Å². The Bertz CT molecular complexity index is 1030. The molecule has 1 saturated heterocycles. The van der Waals surface area contributed by atoms with Gasteiger partial charge in [0.05, 0.1) is 17.3 Å². The molecule has 1 atom stereocenters. The summed E-state index contributed by atoms with van der Waals surface area (Å²) in [5, 5.41) is 5.58. The van der Waals surface area contributed by atoms with Crippen molar-refractivity contribution in [3.63, 3.8) is 0 Å². The predicted octanol–water partition coefficient (Wildman–Crippen LogP) is 3.01. The predicted molar refractivity (Wildman–Crippen MR) is 121 cm³/mol. The lowest BCUT2D eigenvalue weighted by molar-refractivity contribution is -0.135. The fourth-order valence-corrected chi connectivity index (χ4v) is 4.07. The molecule has 0 spiro atoms. The molecule has 1 amide bonds. The highest BCUT2D eigenvalue weighted by atomic mass is 16.5. The van der Waals surface area contributed by atoms with Gasteiger partial charge in [-0.2, -0.15) is 5.10 Å². The average Bonchev–Trinajstić information content (AvgIpc) is 3.23.